The second-order valence-electron chi connectivity index (χ2n) is 7.62. The van der Waals surface area contributed by atoms with Crippen LogP contribution in [0.4, 0.5) is 10.5 Å². The van der Waals surface area contributed by atoms with E-state index < -0.39 is 12.2 Å². The van der Waals surface area contributed by atoms with Gasteiger partial charge in [0.05, 0.1) is 24.7 Å². The van der Waals surface area contributed by atoms with Crippen LogP contribution in [0.2, 0.25) is 0 Å². The van der Waals surface area contributed by atoms with E-state index in [-0.39, 0.29) is 12.3 Å². The molecule has 1 saturated heterocycles. The Morgan fingerprint density at radius 2 is 2.15 bits per heavy atom. The third-order valence-corrected chi connectivity index (χ3v) is 6.31. The molecule has 0 unspecified atom stereocenters. The summed E-state index contributed by atoms with van der Waals surface area (Å²) in [5.41, 5.74) is 4.27. The maximum atomic E-state index is 12.7. The minimum absolute atomic E-state index is 0.253. The predicted octanol–water partition coefficient (Wildman–Crippen LogP) is 4.25. The van der Waals surface area contributed by atoms with Crippen molar-refractivity contribution in [3.05, 3.63) is 63.8 Å². The molecule has 1 aliphatic rings. The maximum Gasteiger partial charge on any atom is 0.414 e. The molecule has 8 nitrogen and oxygen atoms in total. The molecule has 1 aromatic carbocycles. The summed E-state index contributed by atoms with van der Waals surface area (Å²) < 4.78 is 11.8. The average molecular weight is 511 g/mol. The van der Waals surface area contributed by atoms with E-state index >= 15 is 0 Å². The zero-order chi connectivity index (χ0) is 23.5. The number of hydrogen-bond donors (Lipinski definition) is 1. The number of rotatable bonds is 6. The number of hydrogen-bond acceptors (Lipinski definition) is 6. The molecule has 2 aromatic heterocycles. The number of nitrogens with one attached hydrogen (secondary N) is 1. The van der Waals surface area contributed by atoms with Crippen molar-refractivity contribution >= 4 is 50.7 Å². The number of nitrogens with zero attached hydrogens (tertiary/aromatic N) is 3. The number of carbonyl (C=O) groups excluding carboxylic acids is 2. The Morgan fingerprint density at radius 1 is 1.33 bits per heavy atom. The highest BCUT2D eigenvalue weighted by Gasteiger charge is 2.33. The fourth-order valence-electron chi connectivity index (χ4n) is 3.70. The normalized spacial score (nSPS) is 16.1. The third-order valence-electron chi connectivity index (χ3n) is 5.42. The van der Waals surface area contributed by atoms with Gasteiger partial charge in [0.15, 0.2) is 0 Å². The van der Waals surface area contributed by atoms with Gasteiger partial charge < -0.3 is 14.8 Å². The van der Waals surface area contributed by atoms with Gasteiger partial charge in [0.2, 0.25) is 11.8 Å². The Hall–Kier alpha value is -3.46. The van der Waals surface area contributed by atoms with Crippen LogP contribution in [0.25, 0.3) is 17.1 Å². The van der Waals surface area contributed by atoms with Crippen LogP contribution in [0.1, 0.15) is 17.5 Å². The van der Waals surface area contributed by atoms with E-state index in [9.17, 15) is 9.59 Å². The first-order valence-electron chi connectivity index (χ1n) is 10.4. The Balaban J connectivity index is 1.62. The topological polar surface area (TPSA) is 93.6 Å². The molecule has 1 aliphatic heterocycles. The van der Waals surface area contributed by atoms with Crippen LogP contribution in [-0.2, 0) is 9.53 Å². The molecule has 0 radical (unpaired) electrons. The van der Waals surface area contributed by atoms with Crippen molar-refractivity contribution in [1.82, 2.24) is 15.3 Å². The summed E-state index contributed by atoms with van der Waals surface area (Å²) in [7, 11) is 3.11. The summed E-state index contributed by atoms with van der Waals surface area (Å²) in [6.45, 7) is 2.30. The first-order valence-corrected chi connectivity index (χ1v) is 11.2. The highest BCUT2D eigenvalue weighted by atomic mass is 79.9. The number of amides is 2. The van der Waals surface area contributed by atoms with Crippen molar-refractivity contribution in [2.24, 2.45) is 0 Å². The van der Waals surface area contributed by atoms with Crippen molar-refractivity contribution in [3.8, 4) is 5.88 Å². The van der Waals surface area contributed by atoms with E-state index in [0.717, 1.165) is 21.3 Å². The maximum absolute atomic E-state index is 12.7. The minimum atomic E-state index is -0.472. The molecule has 9 heteroatoms. The standard InChI is InChI=1S/C24H23BrN4O4/c1-14-10-17(4-5-19(14)25)29-13-18(33-24(29)31)12-16(23(30)26-2)11-15-8-9-27-20-6-7-21(32-3)28-22(15)20/h4-11,18H,12-13H2,1-3H3,(H,26,30)/t18-/m1/s1. The van der Waals surface area contributed by atoms with Crippen molar-refractivity contribution in [3.63, 3.8) is 0 Å². The van der Waals surface area contributed by atoms with Crippen molar-refractivity contribution < 1.29 is 19.1 Å². The number of cyclic esters (lactones) is 1. The molecular formula is C24H23BrN4O4. The Kier molecular flexibility index (Phi) is 6.60. The first-order chi connectivity index (χ1) is 15.9. The summed E-state index contributed by atoms with van der Waals surface area (Å²) in [4.78, 5) is 35.6. The molecular weight excluding hydrogens is 488 g/mol. The number of pyridine rings is 2. The Bertz CT molecular complexity index is 1260. The molecule has 1 atom stereocenters. The lowest BCUT2D eigenvalue weighted by molar-refractivity contribution is -0.117. The number of aromatic nitrogens is 2. The molecule has 0 saturated carbocycles. The number of fused-ring (bicyclic) bond motifs is 1. The number of carbonyl (C=O) groups is 2. The average Bonchev–Trinajstić information content (AvgIpc) is 3.19. The van der Waals surface area contributed by atoms with Crippen LogP contribution in [0.3, 0.4) is 0 Å². The van der Waals surface area contributed by atoms with Crippen LogP contribution in [-0.4, -0.2) is 48.8 Å². The van der Waals surface area contributed by atoms with Crippen LogP contribution in [0.15, 0.2) is 52.6 Å². The molecule has 3 aromatic rings. The van der Waals surface area contributed by atoms with E-state index in [1.807, 2.05) is 31.2 Å². The van der Waals surface area contributed by atoms with E-state index in [2.05, 4.69) is 31.2 Å². The van der Waals surface area contributed by atoms with Gasteiger partial charge in [-0.2, -0.15) is 0 Å². The second-order valence-corrected chi connectivity index (χ2v) is 8.48. The lowest BCUT2D eigenvalue weighted by Gasteiger charge is -2.15. The number of aryl methyl sites for hydroxylation is 1. The van der Waals surface area contributed by atoms with Gasteiger partial charge in [0.1, 0.15) is 6.10 Å². The second kappa shape index (κ2) is 9.58. The molecule has 1 N–H and O–H groups in total. The predicted molar refractivity (Wildman–Crippen MR) is 129 cm³/mol. The first kappa shape index (κ1) is 22.7. The van der Waals surface area contributed by atoms with Gasteiger partial charge in [-0.25, -0.2) is 9.78 Å². The van der Waals surface area contributed by atoms with Crippen molar-refractivity contribution in [1.29, 1.82) is 0 Å². The van der Waals surface area contributed by atoms with E-state index in [4.69, 9.17) is 9.47 Å². The lowest BCUT2D eigenvalue weighted by atomic mass is 10.0. The van der Waals surface area contributed by atoms with Crippen molar-refractivity contribution in [2.45, 2.75) is 19.4 Å². The Morgan fingerprint density at radius 3 is 2.88 bits per heavy atom. The number of ether oxygens (including phenoxy) is 2. The van der Waals surface area contributed by atoms with Crippen LogP contribution < -0.4 is 15.0 Å². The fraction of sp³-hybridized carbons (Fsp3) is 0.250. The number of anilines is 1. The van der Waals surface area contributed by atoms with E-state index in [1.165, 1.54) is 0 Å². The zero-order valence-electron chi connectivity index (χ0n) is 18.5. The molecule has 3 heterocycles. The summed E-state index contributed by atoms with van der Waals surface area (Å²) in [6, 6.07) is 11.0. The van der Waals surface area contributed by atoms with Gasteiger partial charge in [-0.05, 0) is 48.9 Å². The molecule has 1 fully saturated rings. The van der Waals surface area contributed by atoms with E-state index in [1.54, 1.807) is 43.5 Å². The SMILES string of the molecule is CNC(=O)C(=Cc1ccnc2ccc(OC)nc12)C[C@@H]1CN(c2ccc(Br)c(C)c2)C(=O)O1. The number of benzene rings is 1. The van der Waals surface area contributed by atoms with Gasteiger partial charge >= 0.3 is 6.09 Å². The van der Waals surface area contributed by atoms with Gasteiger partial charge in [0, 0.05) is 47.0 Å². The summed E-state index contributed by atoms with van der Waals surface area (Å²) in [5.74, 6) is 0.202. The summed E-state index contributed by atoms with van der Waals surface area (Å²) in [6.07, 6.45) is 2.77. The fourth-order valence-corrected chi connectivity index (χ4v) is 3.95. The van der Waals surface area contributed by atoms with Gasteiger partial charge in [-0.15, -0.1) is 0 Å². The third kappa shape index (κ3) is 4.83. The van der Waals surface area contributed by atoms with Gasteiger partial charge in [0.25, 0.3) is 0 Å². The quantitative estimate of drug-likeness (QED) is 0.498. The lowest BCUT2D eigenvalue weighted by Crippen LogP contribution is -2.26. The largest absolute Gasteiger partial charge is 0.481 e. The van der Waals surface area contributed by atoms with E-state index in [0.29, 0.717) is 29.0 Å². The molecule has 0 spiro atoms. The zero-order valence-corrected chi connectivity index (χ0v) is 20.0. The van der Waals surface area contributed by atoms with Crippen LogP contribution in [0, 0.1) is 6.92 Å². The van der Waals surface area contributed by atoms with Crippen LogP contribution in [0.5, 0.6) is 5.88 Å². The highest BCUT2D eigenvalue weighted by molar-refractivity contribution is 9.10. The van der Waals surface area contributed by atoms with Gasteiger partial charge in [-0.3, -0.25) is 14.7 Å². The van der Waals surface area contributed by atoms with Gasteiger partial charge in [-0.1, -0.05) is 15.9 Å². The monoisotopic (exact) mass is 510 g/mol. The number of halogens is 1. The summed E-state index contributed by atoms with van der Waals surface area (Å²) >= 11 is 3.48. The highest BCUT2D eigenvalue weighted by Crippen LogP contribution is 2.29. The van der Waals surface area contributed by atoms with Crippen molar-refractivity contribution in [2.75, 3.05) is 25.6 Å². The summed E-state index contributed by atoms with van der Waals surface area (Å²) in [5, 5.41) is 2.67. The molecule has 0 aliphatic carbocycles. The Labute approximate surface area is 199 Å². The number of methoxy groups -OCH3 is 1. The minimum Gasteiger partial charge on any atom is -0.481 e. The molecule has 2 amide bonds. The molecule has 0 bridgehead atoms. The molecule has 170 valence electrons. The molecule has 4 rings (SSSR count). The molecule has 33 heavy (non-hydrogen) atoms. The number of likely N-dealkylation sites (N-methyl/N-ethyl adjacent to an activating group) is 1. The smallest absolute Gasteiger partial charge is 0.414 e. The van der Waals surface area contributed by atoms with Crippen LogP contribution >= 0.6 is 15.9 Å².